The quantitative estimate of drug-likeness (QED) is 0.640. The molecule has 1 aliphatic heterocycles. The zero-order valence-electron chi connectivity index (χ0n) is 11.5. The molecule has 2 rings (SSSR count). The zero-order chi connectivity index (χ0) is 14.4. The summed E-state index contributed by atoms with van der Waals surface area (Å²) >= 11 is 0. The molecule has 0 radical (unpaired) electrons. The molecule has 0 aromatic heterocycles. The number of aryl methyl sites for hydroxylation is 1. The molecule has 0 bridgehead atoms. The molecule has 1 N–H and O–H groups in total. The Morgan fingerprint density at radius 3 is 2.65 bits per heavy atom. The number of ketones is 1. The van der Waals surface area contributed by atoms with E-state index in [9.17, 15) is 14.7 Å². The second-order valence-electron chi connectivity index (χ2n) is 5.31. The van der Waals surface area contributed by atoms with E-state index in [0.717, 1.165) is 19.3 Å². The van der Waals surface area contributed by atoms with Gasteiger partial charge in [0.15, 0.2) is 5.78 Å². The van der Waals surface area contributed by atoms with E-state index in [1.807, 2.05) is 18.2 Å². The number of benzene rings is 1. The number of Topliss-reactive ketones (excluding diaryl/α,β-unsaturated/α-hetero) is 1. The molecule has 20 heavy (non-hydrogen) atoms. The van der Waals surface area contributed by atoms with Crippen molar-refractivity contribution < 1.29 is 19.4 Å². The molecular weight excluding hydrogens is 256 g/mol. The third-order valence-corrected chi connectivity index (χ3v) is 3.93. The smallest absolute Gasteiger partial charge is 0.319 e. The van der Waals surface area contributed by atoms with E-state index in [-0.39, 0.29) is 18.8 Å². The molecule has 0 spiro atoms. The van der Waals surface area contributed by atoms with E-state index in [2.05, 4.69) is 12.1 Å². The number of rotatable bonds is 6. The lowest BCUT2D eigenvalue weighted by atomic mass is 9.77. The number of carbonyl (C=O) groups excluding carboxylic acids is 1. The summed E-state index contributed by atoms with van der Waals surface area (Å²) in [5.41, 5.74) is -0.0716. The number of unbranched alkanes of at least 4 members (excludes halogenated alkanes) is 1. The Bertz CT molecular complexity index is 469. The molecule has 1 aromatic rings. The van der Waals surface area contributed by atoms with Crippen molar-refractivity contribution in [2.24, 2.45) is 5.41 Å². The van der Waals surface area contributed by atoms with Gasteiger partial charge in [-0.25, -0.2) is 0 Å². The molecule has 1 unspecified atom stereocenters. The molecule has 1 aliphatic rings. The number of ether oxygens (including phenoxy) is 1. The number of carboxylic acid groups (broad SMARTS) is 1. The van der Waals surface area contributed by atoms with Crippen LogP contribution in [0, 0.1) is 5.41 Å². The summed E-state index contributed by atoms with van der Waals surface area (Å²) in [6.07, 6.45) is 3.09. The summed E-state index contributed by atoms with van der Waals surface area (Å²) in [6.45, 7) is 0.365. The van der Waals surface area contributed by atoms with E-state index in [4.69, 9.17) is 4.74 Å². The van der Waals surface area contributed by atoms with Crippen LogP contribution >= 0.6 is 0 Å². The summed E-state index contributed by atoms with van der Waals surface area (Å²) in [5, 5.41) is 9.37. The lowest BCUT2D eigenvalue weighted by Crippen LogP contribution is -2.47. The fraction of sp³-hybridized carbons (Fsp3) is 0.500. The summed E-state index contributed by atoms with van der Waals surface area (Å²) in [5.74, 6) is -1.22. The summed E-state index contributed by atoms with van der Waals surface area (Å²) in [7, 11) is 0. The van der Waals surface area contributed by atoms with E-state index >= 15 is 0 Å². The lowest BCUT2D eigenvalue weighted by molar-refractivity contribution is -0.165. The van der Waals surface area contributed by atoms with Gasteiger partial charge in [0.25, 0.3) is 0 Å². The normalized spacial score (nSPS) is 22.7. The van der Waals surface area contributed by atoms with E-state index in [1.165, 1.54) is 5.56 Å². The van der Waals surface area contributed by atoms with Crippen LogP contribution in [-0.4, -0.2) is 30.1 Å². The van der Waals surface area contributed by atoms with Crippen molar-refractivity contribution in [3.63, 3.8) is 0 Å². The van der Waals surface area contributed by atoms with Crippen LogP contribution in [0.1, 0.15) is 31.2 Å². The largest absolute Gasteiger partial charge is 0.480 e. The van der Waals surface area contributed by atoms with E-state index in [1.54, 1.807) is 0 Å². The average molecular weight is 276 g/mol. The molecule has 4 nitrogen and oxygen atoms in total. The standard InChI is InChI=1S/C16H20O4/c17-14-9-11-20-12-16(14,15(18)19)10-5-4-8-13-6-2-1-3-7-13/h1-3,6-7H,4-5,8-12H2,(H,18,19). The van der Waals surface area contributed by atoms with Crippen molar-refractivity contribution in [3.8, 4) is 0 Å². The summed E-state index contributed by atoms with van der Waals surface area (Å²) in [6, 6.07) is 10.1. The number of carbonyl (C=O) groups is 2. The second-order valence-corrected chi connectivity index (χ2v) is 5.31. The first-order chi connectivity index (χ1) is 9.65. The fourth-order valence-electron chi connectivity index (χ4n) is 2.63. The minimum absolute atomic E-state index is 0.0203. The molecule has 0 saturated carbocycles. The van der Waals surface area contributed by atoms with Crippen molar-refractivity contribution in [2.45, 2.75) is 32.1 Å². The maximum absolute atomic E-state index is 12.0. The Balaban J connectivity index is 1.87. The predicted octanol–water partition coefficient (Wildman–Crippen LogP) is 2.46. The Morgan fingerprint density at radius 2 is 2.00 bits per heavy atom. The lowest BCUT2D eigenvalue weighted by Gasteiger charge is -2.31. The van der Waals surface area contributed by atoms with Crippen molar-refractivity contribution >= 4 is 11.8 Å². The molecule has 4 heteroatoms. The fourth-order valence-corrected chi connectivity index (χ4v) is 2.63. The van der Waals surface area contributed by atoms with E-state index in [0.29, 0.717) is 13.0 Å². The first-order valence-electron chi connectivity index (χ1n) is 7.03. The topological polar surface area (TPSA) is 63.6 Å². The summed E-state index contributed by atoms with van der Waals surface area (Å²) in [4.78, 5) is 23.4. The van der Waals surface area contributed by atoms with Gasteiger partial charge in [-0.3, -0.25) is 9.59 Å². The first-order valence-corrected chi connectivity index (χ1v) is 7.03. The zero-order valence-corrected chi connectivity index (χ0v) is 11.5. The van der Waals surface area contributed by atoms with Gasteiger partial charge < -0.3 is 9.84 Å². The molecule has 108 valence electrons. The maximum atomic E-state index is 12.0. The highest BCUT2D eigenvalue weighted by Gasteiger charge is 2.47. The van der Waals surface area contributed by atoms with Gasteiger partial charge in [0.05, 0.1) is 13.2 Å². The van der Waals surface area contributed by atoms with Crippen LogP contribution in [0.4, 0.5) is 0 Å². The van der Waals surface area contributed by atoms with Gasteiger partial charge in [0.1, 0.15) is 5.41 Å². The highest BCUT2D eigenvalue weighted by molar-refractivity contribution is 6.03. The second kappa shape index (κ2) is 6.66. The summed E-state index contributed by atoms with van der Waals surface area (Å²) < 4.78 is 5.23. The molecule has 1 aromatic carbocycles. The van der Waals surface area contributed by atoms with Crippen LogP contribution in [-0.2, 0) is 20.7 Å². The van der Waals surface area contributed by atoms with Crippen molar-refractivity contribution in [3.05, 3.63) is 35.9 Å². The van der Waals surface area contributed by atoms with Crippen LogP contribution in [0.3, 0.4) is 0 Å². The predicted molar refractivity (Wildman–Crippen MR) is 74.5 cm³/mol. The molecule has 1 heterocycles. The van der Waals surface area contributed by atoms with Crippen molar-refractivity contribution in [2.75, 3.05) is 13.2 Å². The van der Waals surface area contributed by atoms with Crippen LogP contribution in [0.2, 0.25) is 0 Å². The Hall–Kier alpha value is -1.68. The van der Waals surface area contributed by atoms with Crippen molar-refractivity contribution in [1.29, 1.82) is 0 Å². The van der Waals surface area contributed by atoms with Gasteiger partial charge in [-0.1, -0.05) is 36.8 Å². The van der Waals surface area contributed by atoms with Gasteiger partial charge >= 0.3 is 5.97 Å². The molecular formula is C16H20O4. The third-order valence-electron chi connectivity index (χ3n) is 3.93. The van der Waals surface area contributed by atoms with Crippen LogP contribution < -0.4 is 0 Å². The SMILES string of the molecule is O=C(O)C1(CCCCc2ccccc2)COCCC1=O. The highest BCUT2D eigenvalue weighted by Crippen LogP contribution is 2.31. The van der Waals surface area contributed by atoms with Gasteiger partial charge in [0.2, 0.25) is 0 Å². The Kier molecular flexibility index (Phi) is 4.90. The maximum Gasteiger partial charge on any atom is 0.319 e. The first kappa shape index (κ1) is 14.7. The monoisotopic (exact) mass is 276 g/mol. The van der Waals surface area contributed by atoms with Gasteiger partial charge in [-0.2, -0.15) is 0 Å². The minimum Gasteiger partial charge on any atom is -0.480 e. The number of aliphatic carboxylic acids is 1. The van der Waals surface area contributed by atoms with Crippen LogP contribution in [0.5, 0.6) is 0 Å². The Labute approximate surface area is 118 Å². The molecule has 1 fully saturated rings. The van der Waals surface area contributed by atoms with Crippen LogP contribution in [0.15, 0.2) is 30.3 Å². The average Bonchev–Trinajstić information content (AvgIpc) is 2.46. The number of carboxylic acids is 1. The molecule has 0 amide bonds. The van der Waals surface area contributed by atoms with Crippen LogP contribution in [0.25, 0.3) is 0 Å². The van der Waals surface area contributed by atoms with E-state index < -0.39 is 11.4 Å². The molecule has 0 aliphatic carbocycles. The molecule has 1 atom stereocenters. The third kappa shape index (κ3) is 3.25. The van der Waals surface area contributed by atoms with Crippen molar-refractivity contribution in [1.82, 2.24) is 0 Å². The minimum atomic E-state index is -1.31. The number of hydrogen-bond donors (Lipinski definition) is 1. The van der Waals surface area contributed by atoms with Gasteiger partial charge in [-0.05, 0) is 24.8 Å². The Morgan fingerprint density at radius 1 is 1.25 bits per heavy atom. The van der Waals surface area contributed by atoms with Gasteiger partial charge in [-0.15, -0.1) is 0 Å². The number of hydrogen-bond acceptors (Lipinski definition) is 3. The van der Waals surface area contributed by atoms with Gasteiger partial charge in [0, 0.05) is 6.42 Å². The molecule has 1 saturated heterocycles. The highest BCUT2D eigenvalue weighted by atomic mass is 16.5.